The number of nitrogens with zero attached hydrogens (tertiary/aromatic N) is 2. The molecule has 0 aliphatic heterocycles. The number of fused-ring (bicyclic) bond motifs is 1. The zero-order valence-corrected chi connectivity index (χ0v) is 23.2. The van der Waals surface area contributed by atoms with E-state index >= 15 is 0 Å². The van der Waals surface area contributed by atoms with Gasteiger partial charge in [0.25, 0.3) is 0 Å². The summed E-state index contributed by atoms with van der Waals surface area (Å²) >= 11 is 10.1. The molecule has 152 valence electrons. The molecule has 3 heterocycles. The zero-order chi connectivity index (χ0) is 20.4. The van der Waals surface area contributed by atoms with Crippen molar-refractivity contribution in [2.24, 2.45) is 0 Å². The first-order valence-electron chi connectivity index (χ1n) is 9.94. The zero-order valence-electron chi connectivity index (χ0n) is 16.4. The first-order valence-corrected chi connectivity index (χ1v) is 14.5. The molecule has 0 unspecified atom stereocenters. The van der Waals surface area contributed by atoms with Crippen molar-refractivity contribution in [2.75, 3.05) is 0 Å². The van der Waals surface area contributed by atoms with Crippen LogP contribution in [-0.4, -0.2) is 8.75 Å². The summed E-state index contributed by atoms with van der Waals surface area (Å²) in [5.41, 5.74) is 7.49. The molecule has 0 N–H and O–H groups in total. The van der Waals surface area contributed by atoms with Gasteiger partial charge in [-0.3, -0.25) is 0 Å². The van der Waals surface area contributed by atoms with Gasteiger partial charge in [0.05, 0.1) is 17.5 Å². The molecule has 0 saturated carbocycles. The van der Waals surface area contributed by atoms with E-state index in [1.54, 1.807) is 0 Å². The van der Waals surface area contributed by atoms with E-state index in [9.17, 15) is 0 Å². The van der Waals surface area contributed by atoms with E-state index in [4.69, 9.17) is 8.75 Å². The van der Waals surface area contributed by atoms with Crippen molar-refractivity contribution < 1.29 is 0 Å². The van der Waals surface area contributed by atoms with Crippen LogP contribution in [0.2, 0.25) is 0 Å². The van der Waals surface area contributed by atoms with Gasteiger partial charge in [0.2, 0.25) is 0 Å². The summed E-state index contributed by atoms with van der Waals surface area (Å²) in [6.45, 7) is 4.51. The highest BCUT2D eigenvalue weighted by atomic mass is 127. The third-order valence-electron chi connectivity index (χ3n) is 5.06. The maximum Gasteiger partial charge on any atom is 0.114 e. The fraction of sp³-hybridized carbons (Fsp3) is 0.364. The maximum atomic E-state index is 4.70. The Balaban J connectivity index is 1.73. The van der Waals surface area contributed by atoms with E-state index in [1.807, 2.05) is 22.7 Å². The van der Waals surface area contributed by atoms with Crippen LogP contribution in [-0.2, 0) is 12.8 Å². The molecule has 0 amide bonds. The molecule has 0 aliphatic carbocycles. The number of rotatable bonds is 8. The summed E-state index contributed by atoms with van der Waals surface area (Å²) in [6.07, 6.45) is 7.28. The molecule has 3 aromatic heterocycles. The van der Waals surface area contributed by atoms with Crippen LogP contribution in [0.25, 0.3) is 31.9 Å². The second-order valence-electron chi connectivity index (χ2n) is 7.15. The van der Waals surface area contributed by atoms with Crippen LogP contribution in [0.1, 0.15) is 50.7 Å². The highest BCUT2D eigenvalue weighted by Crippen LogP contribution is 2.41. The van der Waals surface area contributed by atoms with Crippen molar-refractivity contribution in [1.29, 1.82) is 0 Å². The molecular weight excluding hydrogens is 642 g/mol. The lowest BCUT2D eigenvalue weighted by atomic mass is 10.0. The third-order valence-corrected chi connectivity index (χ3v) is 10.3. The molecular formula is C22H22I2N2S3. The number of hydrogen-bond donors (Lipinski definition) is 0. The van der Waals surface area contributed by atoms with E-state index < -0.39 is 0 Å². The van der Waals surface area contributed by atoms with Crippen molar-refractivity contribution in [3.8, 4) is 20.9 Å². The molecule has 29 heavy (non-hydrogen) atoms. The smallest absolute Gasteiger partial charge is 0.114 e. The molecule has 0 aliphatic rings. The van der Waals surface area contributed by atoms with Gasteiger partial charge in [0, 0.05) is 20.9 Å². The quantitative estimate of drug-likeness (QED) is 0.176. The van der Waals surface area contributed by atoms with Gasteiger partial charge in [-0.05, 0) is 94.1 Å². The van der Waals surface area contributed by atoms with Crippen molar-refractivity contribution in [2.45, 2.75) is 52.4 Å². The largest absolute Gasteiger partial charge is 0.172 e. The van der Waals surface area contributed by atoms with Crippen molar-refractivity contribution in [3.05, 3.63) is 41.2 Å². The van der Waals surface area contributed by atoms with Gasteiger partial charge in [-0.1, -0.05) is 38.8 Å². The van der Waals surface area contributed by atoms with Crippen molar-refractivity contribution in [1.82, 2.24) is 8.75 Å². The Hall–Kier alpha value is -0.1000. The van der Waals surface area contributed by atoms with E-state index in [2.05, 4.69) is 83.3 Å². The highest BCUT2D eigenvalue weighted by molar-refractivity contribution is 14.1. The minimum absolute atomic E-state index is 1.05. The molecule has 0 radical (unpaired) electrons. The normalized spacial score (nSPS) is 11.6. The number of hydrogen-bond acceptors (Lipinski definition) is 5. The number of aromatic nitrogens is 2. The van der Waals surface area contributed by atoms with Crippen molar-refractivity contribution in [3.63, 3.8) is 0 Å². The molecule has 0 atom stereocenters. The van der Waals surface area contributed by atoms with Gasteiger partial charge in [-0.25, -0.2) is 0 Å². The summed E-state index contributed by atoms with van der Waals surface area (Å²) in [5, 5.41) is 0. The Morgan fingerprint density at radius 1 is 0.759 bits per heavy atom. The van der Waals surface area contributed by atoms with Crippen LogP contribution >= 0.6 is 79.6 Å². The summed E-state index contributed by atoms with van der Waals surface area (Å²) in [5.74, 6) is 0. The fourth-order valence-corrected chi connectivity index (χ4v) is 8.19. The molecule has 0 saturated heterocycles. The Labute approximate surface area is 211 Å². The van der Waals surface area contributed by atoms with Gasteiger partial charge < -0.3 is 0 Å². The summed E-state index contributed by atoms with van der Waals surface area (Å²) in [4.78, 5) is 2.63. The number of halogens is 2. The maximum absolute atomic E-state index is 4.70. The topological polar surface area (TPSA) is 25.8 Å². The molecule has 2 nitrogen and oxygen atoms in total. The Bertz CT molecular complexity index is 1040. The van der Waals surface area contributed by atoms with Gasteiger partial charge in [0.1, 0.15) is 11.0 Å². The van der Waals surface area contributed by atoms with Gasteiger partial charge in [-0.2, -0.15) is 8.75 Å². The van der Waals surface area contributed by atoms with Crippen LogP contribution in [0.3, 0.4) is 0 Å². The molecule has 0 fully saturated rings. The van der Waals surface area contributed by atoms with Crippen molar-refractivity contribution >= 4 is 90.6 Å². The van der Waals surface area contributed by atoms with Crippen LogP contribution in [0, 0.1) is 5.77 Å². The second kappa shape index (κ2) is 10.0. The number of benzene rings is 1. The number of aryl methyl sites for hydroxylation is 2. The summed E-state index contributed by atoms with van der Waals surface area (Å²) in [7, 11) is 0. The predicted molar refractivity (Wildman–Crippen MR) is 147 cm³/mol. The predicted octanol–water partition coefficient (Wildman–Crippen LogP) is 9.04. The Kier molecular flexibility index (Phi) is 7.63. The SMILES string of the molecule is CCCCc1cc(-c2ccc(-c3cc(CCCC)c(I)s3)c3nsnc23)sc1I. The monoisotopic (exact) mass is 664 g/mol. The lowest BCUT2D eigenvalue weighted by Crippen LogP contribution is -1.84. The summed E-state index contributed by atoms with van der Waals surface area (Å²) < 4.78 is 12.2. The number of thiophene rings is 2. The van der Waals surface area contributed by atoms with Crippen LogP contribution in [0.4, 0.5) is 0 Å². The van der Waals surface area contributed by atoms with E-state index in [0.29, 0.717) is 0 Å². The molecule has 1 aromatic carbocycles. The Morgan fingerprint density at radius 2 is 1.21 bits per heavy atom. The average molecular weight is 664 g/mol. The molecule has 4 rings (SSSR count). The molecule has 0 spiro atoms. The standard InChI is InChI=1S/C22H22I2N2S3/c1-3-5-7-13-11-17(27-21(13)23)15-9-10-16(20-19(15)25-29-26-20)18-12-14(8-6-4-2)22(24)28-18/h9-12H,3-8H2,1-2H3. The minimum Gasteiger partial charge on any atom is -0.172 e. The number of unbranched alkanes of at least 4 members (excludes halogenated alkanes) is 2. The van der Waals surface area contributed by atoms with Crippen LogP contribution in [0.5, 0.6) is 0 Å². The van der Waals surface area contributed by atoms with Crippen LogP contribution < -0.4 is 0 Å². The minimum atomic E-state index is 1.05. The van der Waals surface area contributed by atoms with Crippen LogP contribution in [0.15, 0.2) is 24.3 Å². The average Bonchev–Trinajstić information content (AvgIpc) is 3.43. The molecule has 4 aromatic rings. The third kappa shape index (κ3) is 4.73. The van der Waals surface area contributed by atoms with Gasteiger partial charge in [-0.15, -0.1) is 22.7 Å². The van der Waals surface area contributed by atoms with E-state index in [-0.39, 0.29) is 0 Å². The highest BCUT2D eigenvalue weighted by Gasteiger charge is 2.18. The lowest BCUT2D eigenvalue weighted by Gasteiger charge is -2.03. The van der Waals surface area contributed by atoms with E-state index in [0.717, 1.165) is 23.9 Å². The second-order valence-corrected chi connectivity index (χ2v) is 13.4. The van der Waals surface area contributed by atoms with E-state index in [1.165, 1.54) is 75.2 Å². The molecule has 7 heteroatoms. The lowest BCUT2D eigenvalue weighted by molar-refractivity contribution is 0.795. The first kappa shape index (κ1) is 22.1. The molecule has 0 bridgehead atoms. The Morgan fingerprint density at radius 3 is 1.62 bits per heavy atom. The first-order chi connectivity index (χ1) is 14.1. The fourth-order valence-electron chi connectivity index (χ4n) is 3.42. The summed E-state index contributed by atoms with van der Waals surface area (Å²) in [6, 6.07) is 9.24. The van der Waals surface area contributed by atoms with Gasteiger partial charge >= 0.3 is 0 Å². The van der Waals surface area contributed by atoms with Gasteiger partial charge in [0.15, 0.2) is 0 Å².